The van der Waals surface area contributed by atoms with E-state index in [0.29, 0.717) is 5.92 Å². The zero-order valence-electron chi connectivity index (χ0n) is 12.4. The first-order valence-corrected chi connectivity index (χ1v) is 7.45. The Morgan fingerprint density at radius 3 is 2.63 bits per heavy atom. The number of nitrogens with zero attached hydrogens (tertiary/aromatic N) is 3. The smallest absolute Gasteiger partial charge is 0.144 e. The van der Waals surface area contributed by atoms with E-state index in [1.807, 2.05) is 0 Å². The van der Waals surface area contributed by atoms with Gasteiger partial charge in [-0.15, -0.1) is 0 Å². The normalized spacial score (nSPS) is 16.2. The molecule has 0 aromatic carbocycles. The van der Waals surface area contributed by atoms with Gasteiger partial charge in [0.2, 0.25) is 0 Å². The summed E-state index contributed by atoms with van der Waals surface area (Å²) in [5.74, 6) is 2.58. The minimum absolute atomic E-state index is 0.645. The lowest BCUT2D eigenvalue weighted by Crippen LogP contribution is -2.16. The van der Waals surface area contributed by atoms with E-state index in [2.05, 4.69) is 42.3 Å². The minimum Gasteiger partial charge on any atom is -0.370 e. The first-order valence-electron chi connectivity index (χ1n) is 7.45. The molecular formula is C15H26N4. The molecule has 0 spiro atoms. The van der Waals surface area contributed by atoms with Gasteiger partial charge in [-0.1, -0.05) is 19.8 Å². The van der Waals surface area contributed by atoms with E-state index in [1.165, 1.54) is 31.4 Å². The summed E-state index contributed by atoms with van der Waals surface area (Å²) in [6.07, 6.45) is 6.37. The maximum atomic E-state index is 4.77. The van der Waals surface area contributed by atoms with E-state index in [0.717, 1.165) is 31.2 Å². The fraction of sp³-hybridized carbons (Fsp3) is 0.733. The second-order valence-corrected chi connectivity index (χ2v) is 5.74. The Morgan fingerprint density at radius 2 is 2.00 bits per heavy atom. The molecule has 0 saturated heterocycles. The van der Waals surface area contributed by atoms with Crippen molar-refractivity contribution in [2.45, 2.75) is 51.5 Å². The van der Waals surface area contributed by atoms with E-state index in [9.17, 15) is 0 Å². The maximum Gasteiger partial charge on any atom is 0.144 e. The van der Waals surface area contributed by atoms with Crippen LogP contribution in [-0.4, -0.2) is 35.5 Å². The van der Waals surface area contributed by atoms with Crippen molar-refractivity contribution in [1.29, 1.82) is 0 Å². The minimum atomic E-state index is 0.645. The van der Waals surface area contributed by atoms with Crippen LogP contribution in [-0.2, 0) is 6.54 Å². The van der Waals surface area contributed by atoms with Gasteiger partial charge >= 0.3 is 0 Å². The van der Waals surface area contributed by atoms with Crippen molar-refractivity contribution in [3.63, 3.8) is 0 Å². The van der Waals surface area contributed by atoms with Crippen molar-refractivity contribution in [3.8, 4) is 0 Å². The van der Waals surface area contributed by atoms with Gasteiger partial charge in [0, 0.05) is 24.2 Å². The van der Waals surface area contributed by atoms with E-state index in [1.54, 1.807) is 0 Å². The average molecular weight is 262 g/mol. The molecule has 0 amide bonds. The lowest BCUT2D eigenvalue weighted by Gasteiger charge is -2.15. The maximum absolute atomic E-state index is 4.77. The molecule has 1 N–H and O–H groups in total. The quantitative estimate of drug-likeness (QED) is 0.855. The van der Waals surface area contributed by atoms with Gasteiger partial charge in [0.25, 0.3) is 0 Å². The topological polar surface area (TPSA) is 41.1 Å². The molecule has 4 nitrogen and oxygen atoms in total. The summed E-state index contributed by atoms with van der Waals surface area (Å²) in [7, 11) is 4.12. The summed E-state index contributed by atoms with van der Waals surface area (Å²) in [5, 5.41) is 3.40. The average Bonchev–Trinajstić information content (AvgIpc) is 2.89. The Hall–Kier alpha value is -1.16. The SMILES string of the molecule is CCCNc1cc(C2CCCC2)nc(CN(C)C)n1. The molecule has 1 heterocycles. The van der Waals surface area contributed by atoms with Crippen LogP contribution in [0, 0.1) is 0 Å². The van der Waals surface area contributed by atoms with Crippen molar-refractivity contribution in [1.82, 2.24) is 14.9 Å². The Kier molecular flexibility index (Phi) is 5.14. The molecule has 0 atom stereocenters. The first-order chi connectivity index (χ1) is 9.19. The third-order valence-electron chi connectivity index (χ3n) is 3.58. The second-order valence-electron chi connectivity index (χ2n) is 5.74. The van der Waals surface area contributed by atoms with Gasteiger partial charge in [0.15, 0.2) is 0 Å². The third kappa shape index (κ3) is 4.16. The molecule has 0 radical (unpaired) electrons. The van der Waals surface area contributed by atoms with Crippen LogP contribution in [0.2, 0.25) is 0 Å². The molecule has 0 bridgehead atoms. The van der Waals surface area contributed by atoms with Crippen LogP contribution < -0.4 is 5.32 Å². The fourth-order valence-corrected chi connectivity index (χ4v) is 2.65. The van der Waals surface area contributed by atoms with Gasteiger partial charge in [0.1, 0.15) is 11.6 Å². The zero-order valence-corrected chi connectivity index (χ0v) is 12.4. The summed E-state index contributed by atoms with van der Waals surface area (Å²) in [6.45, 7) is 3.96. The molecule has 0 unspecified atom stereocenters. The number of hydrogen-bond donors (Lipinski definition) is 1. The Labute approximate surface area is 116 Å². The summed E-state index contributed by atoms with van der Waals surface area (Å²) in [4.78, 5) is 11.5. The molecule has 1 aromatic heterocycles. The van der Waals surface area contributed by atoms with Crippen LogP contribution in [0.25, 0.3) is 0 Å². The summed E-state index contributed by atoms with van der Waals surface area (Å²) in [5.41, 5.74) is 1.24. The highest BCUT2D eigenvalue weighted by atomic mass is 15.1. The van der Waals surface area contributed by atoms with Crippen LogP contribution in [0.4, 0.5) is 5.82 Å². The molecule has 106 valence electrons. The van der Waals surface area contributed by atoms with Crippen molar-refractivity contribution in [2.24, 2.45) is 0 Å². The molecular weight excluding hydrogens is 236 g/mol. The molecule has 1 aliphatic rings. The van der Waals surface area contributed by atoms with Crippen LogP contribution in [0.1, 0.15) is 56.5 Å². The van der Waals surface area contributed by atoms with Gasteiger partial charge < -0.3 is 10.2 Å². The fourth-order valence-electron chi connectivity index (χ4n) is 2.65. The van der Waals surface area contributed by atoms with Crippen LogP contribution >= 0.6 is 0 Å². The third-order valence-corrected chi connectivity index (χ3v) is 3.58. The Balaban J connectivity index is 2.19. The molecule has 2 rings (SSSR count). The van der Waals surface area contributed by atoms with Gasteiger partial charge in [-0.05, 0) is 33.4 Å². The van der Waals surface area contributed by atoms with Crippen molar-refractivity contribution in [3.05, 3.63) is 17.6 Å². The van der Waals surface area contributed by atoms with E-state index in [4.69, 9.17) is 4.98 Å². The van der Waals surface area contributed by atoms with E-state index in [-0.39, 0.29) is 0 Å². The van der Waals surface area contributed by atoms with Gasteiger partial charge in [-0.2, -0.15) is 0 Å². The van der Waals surface area contributed by atoms with Crippen molar-refractivity contribution in [2.75, 3.05) is 26.0 Å². The van der Waals surface area contributed by atoms with Gasteiger partial charge in [-0.25, -0.2) is 9.97 Å². The van der Waals surface area contributed by atoms with E-state index < -0.39 is 0 Å². The van der Waals surface area contributed by atoms with E-state index >= 15 is 0 Å². The summed E-state index contributed by atoms with van der Waals surface area (Å²) < 4.78 is 0. The molecule has 1 aromatic rings. The number of nitrogens with one attached hydrogen (secondary N) is 1. The number of aromatic nitrogens is 2. The highest BCUT2D eigenvalue weighted by molar-refractivity contribution is 5.37. The summed E-state index contributed by atoms with van der Waals surface area (Å²) >= 11 is 0. The number of hydrogen-bond acceptors (Lipinski definition) is 4. The predicted octanol–water partition coefficient (Wildman–Crippen LogP) is 3.02. The molecule has 0 aliphatic heterocycles. The lowest BCUT2D eigenvalue weighted by molar-refractivity contribution is 0.389. The highest BCUT2D eigenvalue weighted by Crippen LogP contribution is 2.33. The molecule has 4 heteroatoms. The van der Waals surface area contributed by atoms with Crippen molar-refractivity contribution >= 4 is 5.82 Å². The summed E-state index contributed by atoms with van der Waals surface area (Å²) in [6, 6.07) is 2.16. The first kappa shape index (κ1) is 14.3. The van der Waals surface area contributed by atoms with Crippen molar-refractivity contribution < 1.29 is 0 Å². The van der Waals surface area contributed by atoms with Crippen LogP contribution in [0.5, 0.6) is 0 Å². The standard InChI is InChI=1S/C15H26N4/c1-4-9-16-14-10-13(12-7-5-6-8-12)17-15(18-14)11-19(2)3/h10,12H,4-9,11H2,1-3H3,(H,16,17,18). The monoisotopic (exact) mass is 262 g/mol. The Morgan fingerprint density at radius 1 is 1.26 bits per heavy atom. The highest BCUT2D eigenvalue weighted by Gasteiger charge is 2.20. The molecule has 19 heavy (non-hydrogen) atoms. The van der Waals surface area contributed by atoms with Crippen LogP contribution in [0.15, 0.2) is 6.07 Å². The largest absolute Gasteiger partial charge is 0.370 e. The molecule has 1 saturated carbocycles. The lowest BCUT2D eigenvalue weighted by atomic mass is 10.0. The molecule has 1 aliphatic carbocycles. The van der Waals surface area contributed by atoms with Crippen LogP contribution in [0.3, 0.4) is 0 Å². The molecule has 1 fully saturated rings. The van der Waals surface area contributed by atoms with Gasteiger partial charge in [-0.3, -0.25) is 0 Å². The predicted molar refractivity (Wildman–Crippen MR) is 79.4 cm³/mol. The number of rotatable bonds is 6. The number of anilines is 1. The van der Waals surface area contributed by atoms with Gasteiger partial charge in [0.05, 0.1) is 6.54 Å². The second kappa shape index (κ2) is 6.85. The zero-order chi connectivity index (χ0) is 13.7. The Bertz CT molecular complexity index is 397.